The molecule has 1 aromatic carbocycles. The van der Waals surface area contributed by atoms with Crippen LogP contribution >= 0.6 is 0 Å². The topological polar surface area (TPSA) is 58.1 Å². The fraction of sp³-hybridized carbons (Fsp3) is 0.476. The Balaban J connectivity index is 1.88. The molecule has 2 aromatic rings. The average Bonchev–Trinajstić information content (AvgIpc) is 2.68. The third-order valence-corrected chi connectivity index (χ3v) is 4.66. The summed E-state index contributed by atoms with van der Waals surface area (Å²) in [6.07, 6.45) is 4.55. The number of hydrogen-bond donors (Lipinski definition) is 1. The van der Waals surface area contributed by atoms with Crippen LogP contribution in [0.4, 0.5) is 5.82 Å². The van der Waals surface area contributed by atoms with E-state index in [2.05, 4.69) is 29.0 Å². The van der Waals surface area contributed by atoms with Crippen molar-refractivity contribution in [3.8, 4) is 11.4 Å². The third-order valence-electron chi connectivity index (χ3n) is 4.66. The highest BCUT2D eigenvalue weighted by Gasteiger charge is 2.18. The normalized spacial score (nSPS) is 14.5. The smallest absolute Gasteiger partial charge is 0.270 e. The van der Waals surface area contributed by atoms with Gasteiger partial charge in [0, 0.05) is 31.3 Å². The zero-order chi connectivity index (χ0) is 18.4. The summed E-state index contributed by atoms with van der Waals surface area (Å²) >= 11 is 0. The van der Waals surface area contributed by atoms with Crippen molar-refractivity contribution in [3.63, 3.8) is 0 Å². The van der Waals surface area contributed by atoms with Crippen molar-refractivity contribution in [2.45, 2.75) is 39.5 Å². The second kappa shape index (κ2) is 8.79. The Bertz CT molecular complexity index is 724. The van der Waals surface area contributed by atoms with Gasteiger partial charge in [0.2, 0.25) is 0 Å². The maximum absolute atomic E-state index is 12.6. The maximum Gasteiger partial charge on any atom is 0.270 e. The zero-order valence-corrected chi connectivity index (χ0v) is 15.7. The Hall–Kier alpha value is -2.43. The molecule has 0 atom stereocenters. The van der Waals surface area contributed by atoms with Gasteiger partial charge in [-0.15, -0.1) is 0 Å². The molecule has 138 valence electrons. The number of nitrogens with one attached hydrogen (secondary N) is 1. The van der Waals surface area contributed by atoms with Crippen molar-refractivity contribution < 1.29 is 4.79 Å². The molecule has 1 amide bonds. The van der Waals surface area contributed by atoms with E-state index in [1.165, 1.54) is 19.3 Å². The lowest BCUT2D eigenvalue weighted by Crippen LogP contribution is -2.31. The van der Waals surface area contributed by atoms with Gasteiger partial charge < -0.3 is 10.2 Å². The minimum Gasteiger partial charge on any atom is -0.356 e. The molecule has 5 heteroatoms. The van der Waals surface area contributed by atoms with Gasteiger partial charge in [0.05, 0.1) is 0 Å². The molecule has 0 unspecified atom stereocenters. The summed E-state index contributed by atoms with van der Waals surface area (Å²) in [6, 6.07) is 11.7. The van der Waals surface area contributed by atoms with Crippen LogP contribution in [0, 0.1) is 5.92 Å². The van der Waals surface area contributed by atoms with Gasteiger partial charge in [0.15, 0.2) is 5.82 Å². The number of carbonyl (C=O) groups is 1. The fourth-order valence-corrected chi connectivity index (χ4v) is 3.12. The van der Waals surface area contributed by atoms with Gasteiger partial charge in [0.25, 0.3) is 5.91 Å². The summed E-state index contributed by atoms with van der Waals surface area (Å²) in [6.45, 7) is 6.94. The van der Waals surface area contributed by atoms with Crippen LogP contribution in [0.3, 0.4) is 0 Å². The third kappa shape index (κ3) is 4.81. The number of piperidine rings is 1. The molecule has 26 heavy (non-hydrogen) atoms. The highest BCUT2D eigenvalue weighted by Crippen LogP contribution is 2.23. The maximum atomic E-state index is 12.6. The lowest BCUT2D eigenvalue weighted by Gasteiger charge is -2.28. The van der Waals surface area contributed by atoms with E-state index in [0.717, 1.165) is 30.9 Å². The molecule has 1 saturated heterocycles. The first-order valence-corrected chi connectivity index (χ1v) is 9.61. The van der Waals surface area contributed by atoms with E-state index in [0.29, 0.717) is 24.0 Å². The molecule has 0 spiro atoms. The summed E-state index contributed by atoms with van der Waals surface area (Å²) in [4.78, 5) is 24.2. The number of nitrogens with zero attached hydrogens (tertiary/aromatic N) is 3. The second-order valence-electron chi connectivity index (χ2n) is 7.29. The zero-order valence-electron chi connectivity index (χ0n) is 15.7. The molecule has 1 aliphatic rings. The average molecular weight is 352 g/mol. The number of benzene rings is 1. The van der Waals surface area contributed by atoms with Crippen molar-refractivity contribution in [1.82, 2.24) is 15.3 Å². The van der Waals surface area contributed by atoms with Gasteiger partial charge >= 0.3 is 0 Å². The highest BCUT2D eigenvalue weighted by molar-refractivity contribution is 5.93. The Morgan fingerprint density at radius 2 is 1.85 bits per heavy atom. The van der Waals surface area contributed by atoms with Crippen molar-refractivity contribution in [2.24, 2.45) is 5.92 Å². The Kier molecular flexibility index (Phi) is 6.21. The first-order chi connectivity index (χ1) is 12.6. The van der Waals surface area contributed by atoms with Crippen LogP contribution < -0.4 is 10.2 Å². The predicted molar refractivity (Wildman–Crippen MR) is 105 cm³/mol. The van der Waals surface area contributed by atoms with E-state index < -0.39 is 0 Å². The van der Waals surface area contributed by atoms with Gasteiger partial charge in [-0.2, -0.15) is 0 Å². The first-order valence-electron chi connectivity index (χ1n) is 9.61. The number of aromatic nitrogens is 2. The van der Waals surface area contributed by atoms with Crippen LogP contribution in [0.15, 0.2) is 36.4 Å². The van der Waals surface area contributed by atoms with Gasteiger partial charge in [-0.3, -0.25) is 4.79 Å². The second-order valence-corrected chi connectivity index (χ2v) is 7.29. The molecule has 0 radical (unpaired) electrons. The van der Waals surface area contributed by atoms with Crippen LogP contribution in [-0.2, 0) is 0 Å². The lowest BCUT2D eigenvalue weighted by atomic mass is 10.1. The molecule has 1 N–H and O–H groups in total. The molecule has 5 nitrogen and oxygen atoms in total. The molecule has 1 aromatic heterocycles. The Morgan fingerprint density at radius 3 is 2.54 bits per heavy atom. The summed E-state index contributed by atoms with van der Waals surface area (Å²) in [7, 11) is 0. The molecule has 3 rings (SSSR count). The van der Waals surface area contributed by atoms with Gasteiger partial charge in [0.1, 0.15) is 11.5 Å². The standard InChI is InChI=1S/C21H28N4O/c1-16(2)11-12-22-21(26)18-15-19(25-13-7-4-8-14-25)24-20(23-18)17-9-5-3-6-10-17/h3,5-6,9-10,15-16H,4,7-8,11-14H2,1-2H3,(H,22,26). The van der Waals surface area contributed by atoms with Crippen molar-refractivity contribution in [2.75, 3.05) is 24.5 Å². The predicted octanol–water partition coefficient (Wildman–Crippen LogP) is 3.91. The van der Waals surface area contributed by atoms with Crippen molar-refractivity contribution in [1.29, 1.82) is 0 Å². The minimum absolute atomic E-state index is 0.122. The van der Waals surface area contributed by atoms with E-state index >= 15 is 0 Å². The molecular weight excluding hydrogens is 324 g/mol. The van der Waals surface area contributed by atoms with Gasteiger partial charge in [-0.25, -0.2) is 9.97 Å². The first kappa shape index (κ1) is 18.4. The van der Waals surface area contributed by atoms with Gasteiger partial charge in [-0.05, 0) is 31.6 Å². The molecule has 0 saturated carbocycles. The molecule has 2 heterocycles. The monoisotopic (exact) mass is 352 g/mol. The van der Waals surface area contributed by atoms with Crippen LogP contribution in [0.25, 0.3) is 11.4 Å². The SMILES string of the molecule is CC(C)CCNC(=O)c1cc(N2CCCCC2)nc(-c2ccccc2)n1. The van der Waals surface area contributed by atoms with Crippen molar-refractivity contribution >= 4 is 11.7 Å². The minimum atomic E-state index is -0.122. The Labute approximate surface area is 155 Å². The summed E-state index contributed by atoms with van der Waals surface area (Å²) in [5.41, 5.74) is 1.38. The highest BCUT2D eigenvalue weighted by atomic mass is 16.1. The summed E-state index contributed by atoms with van der Waals surface area (Å²) in [5.74, 6) is 1.91. The molecule has 1 aliphatic heterocycles. The van der Waals surface area contributed by atoms with E-state index in [4.69, 9.17) is 4.98 Å². The van der Waals surface area contributed by atoms with Crippen LogP contribution in [0.2, 0.25) is 0 Å². The lowest BCUT2D eigenvalue weighted by molar-refractivity contribution is 0.0947. The number of rotatable bonds is 6. The fourth-order valence-electron chi connectivity index (χ4n) is 3.12. The van der Waals surface area contributed by atoms with E-state index in [1.807, 2.05) is 36.4 Å². The Morgan fingerprint density at radius 1 is 1.12 bits per heavy atom. The van der Waals surface area contributed by atoms with E-state index in [-0.39, 0.29) is 5.91 Å². The van der Waals surface area contributed by atoms with Gasteiger partial charge in [-0.1, -0.05) is 44.2 Å². The number of amides is 1. The van der Waals surface area contributed by atoms with E-state index in [9.17, 15) is 4.79 Å². The van der Waals surface area contributed by atoms with Crippen LogP contribution in [0.1, 0.15) is 50.0 Å². The van der Waals surface area contributed by atoms with Crippen LogP contribution in [-0.4, -0.2) is 35.5 Å². The van der Waals surface area contributed by atoms with Crippen LogP contribution in [0.5, 0.6) is 0 Å². The number of carbonyl (C=O) groups excluding carboxylic acids is 1. The number of hydrogen-bond acceptors (Lipinski definition) is 4. The molecular formula is C21H28N4O. The summed E-state index contributed by atoms with van der Waals surface area (Å²) in [5, 5.41) is 2.99. The van der Waals surface area contributed by atoms with Crippen molar-refractivity contribution in [3.05, 3.63) is 42.1 Å². The quantitative estimate of drug-likeness (QED) is 0.856. The summed E-state index contributed by atoms with van der Waals surface area (Å²) < 4.78 is 0. The molecule has 0 bridgehead atoms. The molecule has 0 aliphatic carbocycles. The molecule has 1 fully saturated rings. The number of anilines is 1. The largest absolute Gasteiger partial charge is 0.356 e. The van der Waals surface area contributed by atoms with E-state index in [1.54, 1.807) is 0 Å².